The van der Waals surface area contributed by atoms with E-state index >= 15 is 0 Å². The lowest BCUT2D eigenvalue weighted by Crippen LogP contribution is -2.33. The number of fused-ring (bicyclic) bond motifs is 1. The van der Waals surface area contributed by atoms with Crippen LogP contribution in [0, 0.1) is 6.92 Å². The first-order chi connectivity index (χ1) is 9.59. The summed E-state index contributed by atoms with van der Waals surface area (Å²) in [7, 11) is 0. The van der Waals surface area contributed by atoms with E-state index in [0.29, 0.717) is 10.6 Å². The Balaban J connectivity index is 1.87. The van der Waals surface area contributed by atoms with E-state index in [2.05, 4.69) is 10.2 Å². The second kappa shape index (κ2) is 4.30. The van der Waals surface area contributed by atoms with Gasteiger partial charge in [-0.05, 0) is 19.1 Å². The molecule has 0 radical (unpaired) electrons. The first-order valence-corrected chi connectivity index (χ1v) is 5.79. The van der Waals surface area contributed by atoms with Gasteiger partial charge in [0.05, 0.1) is 17.3 Å². The van der Waals surface area contributed by atoms with Crippen LogP contribution in [0.4, 0.5) is 0 Å². The molecule has 7 nitrogen and oxygen atoms in total. The molecule has 0 fully saturated rings. The van der Waals surface area contributed by atoms with Crippen molar-refractivity contribution in [1.29, 1.82) is 0 Å². The van der Waals surface area contributed by atoms with Crippen molar-refractivity contribution < 1.29 is 19.2 Å². The Hall–Kier alpha value is -2.96. The predicted molar refractivity (Wildman–Crippen MR) is 65.7 cm³/mol. The lowest BCUT2D eigenvalue weighted by molar-refractivity contribution is -0.0589. The molecule has 3 rings (SSSR count). The fraction of sp³-hybridized carbons (Fsp3) is 0.0769. The predicted octanol–water partition coefficient (Wildman–Crippen LogP) is 1.09. The summed E-state index contributed by atoms with van der Waals surface area (Å²) in [5.41, 5.74) is 1.09. The molecule has 0 saturated heterocycles. The van der Waals surface area contributed by atoms with E-state index in [9.17, 15) is 14.4 Å². The molecule has 0 bridgehead atoms. The lowest BCUT2D eigenvalue weighted by atomic mass is 10.1. The monoisotopic (exact) mass is 271 g/mol. The maximum Gasteiger partial charge on any atom is 0.381 e. The van der Waals surface area contributed by atoms with Gasteiger partial charge in [-0.3, -0.25) is 14.7 Å². The first-order valence-electron chi connectivity index (χ1n) is 5.79. The van der Waals surface area contributed by atoms with E-state index in [-0.39, 0.29) is 16.8 Å². The van der Waals surface area contributed by atoms with Gasteiger partial charge in [0.25, 0.3) is 11.8 Å². The number of carbonyl (C=O) groups is 3. The van der Waals surface area contributed by atoms with Crippen molar-refractivity contribution in [2.75, 3.05) is 0 Å². The van der Waals surface area contributed by atoms with Gasteiger partial charge in [0, 0.05) is 5.56 Å². The number of aromatic amines is 1. The smallest absolute Gasteiger partial charge is 0.323 e. The van der Waals surface area contributed by atoms with Gasteiger partial charge in [0.1, 0.15) is 5.69 Å². The molecule has 1 aromatic heterocycles. The van der Waals surface area contributed by atoms with Gasteiger partial charge in [-0.1, -0.05) is 17.2 Å². The van der Waals surface area contributed by atoms with Crippen LogP contribution in [0.2, 0.25) is 0 Å². The Kier molecular flexibility index (Phi) is 2.60. The van der Waals surface area contributed by atoms with Crippen molar-refractivity contribution in [3.05, 3.63) is 52.8 Å². The van der Waals surface area contributed by atoms with Crippen LogP contribution in [0.25, 0.3) is 0 Å². The summed E-state index contributed by atoms with van der Waals surface area (Å²) in [5, 5.41) is 6.60. The van der Waals surface area contributed by atoms with Gasteiger partial charge >= 0.3 is 5.97 Å². The molecule has 0 spiro atoms. The number of hydrogen-bond donors (Lipinski definition) is 1. The molecule has 100 valence electrons. The summed E-state index contributed by atoms with van der Waals surface area (Å²) in [6.07, 6.45) is 1.44. The summed E-state index contributed by atoms with van der Waals surface area (Å²) in [6, 6.07) is 6.28. The summed E-state index contributed by atoms with van der Waals surface area (Å²) >= 11 is 0. The number of nitrogens with zero attached hydrogens (tertiary/aromatic N) is 2. The summed E-state index contributed by atoms with van der Waals surface area (Å²) in [4.78, 5) is 40.8. The van der Waals surface area contributed by atoms with Crippen molar-refractivity contribution in [1.82, 2.24) is 15.3 Å². The van der Waals surface area contributed by atoms with E-state index in [0.717, 1.165) is 0 Å². The van der Waals surface area contributed by atoms with E-state index in [1.807, 2.05) is 0 Å². The zero-order valence-corrected chi connectivity index (χ0v) is 10.4. The molecule has 0 unspecified atom stereocenters. The van der Waals surface area contributed by atoms with E-state index in [4.69, 9.17) is 4.84 Å². The molecule has 0 atom stereocenters. The Morgan fingerprint density at radius 1 is 1.20 bits per heavy atom. The van der Waals surface area contributed by atoms with Gasteiger partial charge in [0.2, 0.25) is 0 Å². The zero-order valence-electron chi connectivity index (χ0n) is 10.4. The molecule has 1 N–H and O–H groups in total. The van der Waals surface area contributed by atoms with Crippen molar-refractivity contribution in [2.24, 2.45) is 0 Å². The SMILES string of the molecule is Cc1cn[nH]c1C(=O)ON1C(=O)c2ccccc2C1=O. The van der Waals surface area contributed by atoms with Crippen LogP contribution in [-0.4, -0.2) is 33.0 Å². The highest BCUT2D eigenvalue weighted by molar-refractivity contribution is 6.21. The number of aryl methyl sites for hydroxylation is 1. The third kappa shape index (κ3) is 1.68. The highest BCUT2D eigenvalue weighted by atomic mass is 16.7. The van der Waals surface area contributed by atoms with Crippen LogP contribution in [0.15, 0.2) is 30.5 Å². The van der Waals surface area contributed by atoms with Crippen molar-refractivity contribution in [3.8, 4) is 0 Å². The molecule has 2 heterocycles. The fourth-order valence-corrected chi connectivity index (χ4v) is 1.93. The Morgan fingerprint density at radius 3 is 2.30 bits per heavy atom. The Bertz CT molecular complexity index is 700. The largest absolute Gasteiger partial charge is 0.381 e. The molecular formula is C13H9N3O4. The molecule has 1 aromatic carbocycles. The summed E-state index contributed by atoms with van der Waals surface area (Å²) in [5.74, 6) is -2.15. The van der Waals surface area contributed by atoms with E-state index in [1.54, 1.807) is 19.1 Å². The topological polar surface area (TPSA) is 92.4 Å². The number of hydroxylamine groups is 2. The maximum atomic E-state index is 12.0. The van der Waals surface area contributed by atoms with E-state index < -0.39 is 17.8 Å². The number of imide groups is 1. The Morgan fingerprint density at radius 2 is 1.80 bits per heavy atom. The van der Waals surface area contributed by atoms with Crippen LogP contribution in [0.1, 0.15) is 36.8 Å². The minimum absolute atomic E-state index is 0.0987. The van der Waals surface area contributed by atoms with Crippen LogP contribution in [0.3, 0.4) is 0 Å². The average Bonchev–Trinajstić information content (AvgIpc) is 2.97. The van der Waals surface area contributed by atoms with Crippen LogP contribution >= 0.6 is 0 Å². The van der Waals surface area contributed by atoms with Gasteiger partial charge in [-0.15, -0.1) is 0 Å². The molecule has 0 saturated carbocycles. The molecule has 1 aliphatic rings. The fourth-order valence-electron chi connectivity index (χ4n) is 1.93. The summed E-state index contributed by atoms with van der Waals surface area (Å²) < 4.78 is 0. The molecule has 20 heavy (non-hydrogen) atoms. The van der Waals surface area contributed by atoms with Crippen LogP contribution < -0.4 is 0 Å². The van der Waals surface area contributed by atoms with Gasteiger partial charge < -0.3 is 4.84 Å². The number of carbonyl (C=O) groups excluding carboxylic acids is 3. The Labute approximate surface area is 113 Å². The minimum atomic E-state index is -0.838. The molecule has 2 aromatic rings. The molecule has 7 heteroatoms. The van der Waals surface area contributed by atoms with Gasteiger partial charge in [-0.2, -0.15) is 5.10 Å². The standard InChI is InChI=1S/C13H9N3O4/c1-7-6-14-15-10(7)13(19)20-16-11(17)8-4-2-3-5-9(8)12(16)18/h2-6H,1H3,(H,14,15). The lowest BCUT2D eigenvalue weighted by Gasteiger charge is -2.11. The van der Waals surface area contributed by atoms with Crippen molar-refractivity contribution >= 4 is 17.8 Å². The average molecular weight is 271 g/mol. The van der Waals surface area contributed by atoms with Gasteiger partial charge in [0.15, 0.2) is 0 Å². The maximum absolute atomic E-state index is 12.0. The highest BCUT2D eigenvalue weighted by Gasteiger charge is 2.39. The van der Waals surface area contributed by atoms with Crippen LogP contribution in [0.5, 0.6) is 0 Å². The molecule has 0 aliphatic carbocycles. The minimum Gasteiger partial charge on any atom is -0.323 e. The van der Waals surface area contributed by atoms with Gasteiger partial charge in [-0.25, -0.2) is 4.79 Å². The van der Waals surface area contributed by atoms with Crippen molar-refractivity contribution in [2.45, 2.75) is 6.92 Å². The zero-order chi connectivity index (χ0) is 14.3. The second-order valence-corrected chi connectivity index (χ2v) is 4.26. The molecular weight excluding hydrogens is 262 g/mol. The number of amides is 2. The quantitative estimate of drug-likeness (QED) is 0.825. The highest BCUT2D eigenvalue weighted by Crippen LogP contribution is 2.23. The van der Waals surface area contributed by atoms with Crippen molar-refractivity contribution in [3.63, 3.8) is 0 Å². The number of aromatic nitrogens is 2. The molecule has 1 aliphatic heterocycles. The third-order valence-electron chi connectivity index (χ3n) is 2.96. The number of rotatable bonds is 2. The number of hydrogen-bond acceptors (Lipinski definition) is 5. The molecule has 2 amide bonds. The third-order valence-corrected chi connectivity index (χ3v) is 2.96. The van der Waals surface area contributed by atoms with Crippen LogP contribution in [-0.2, 0) is 4.84 Å². The summed E-state index contributed by atoms with van der Waals surface area (Å²) in [6.45, 7) is 1.66. The number of nitrogens with one attached hydrogen (secondary N) is 1. The normalized spacial score (nSPS) is 13.6. The second-order valence-electron chi connectivity index (χ2n) is 4.26. The number of H-pyrrole nitrogens is 1. The first kappa shape index (κ1) is 12.1. The van der Waals surface area contributed by atoms with E-state index in [1.165, 1.54) is 18.3 Å². The number of benzene rings is 1.